The summed E-state index contributed by atoms with van der Waals surface area (Å²) in [6.45, 7) is 2.26. The fourth-order valence-corrected chi connectivity index (χ4v) is 1.67. The second-order valence-electron chi connectivity index (χ2n) is 4.37. The summed E-state index contributed by atoms with van der Waals surface area (Å²) in [5.41, 5.74) is 1.19. The van der Waals surface area contributed by atoms with Crippen LogP contribution in [-0.2, 0) is 13.5 Å². The smallest absolute Gasteiger partial charge is 0.251 e. The van der Waals surface area contributed by atoms with Crippen molar-refractivity contribution < 1.29 is 9.90 Å². The van der Waals surface area contributed by atoms with Crippen LogP contribution in [0.2, 0.25) is 0 Å². The molecule has 1 heterocycles. The van der Waals surface area contributed by atoms with Gasteiger partial charge in [0.25, 0.3) is 5.91 Å². The lowest BCUT2D eigenvalue weighted by Gasteiger charge is -2.06. The van der Waals surface area contributed by atoms with Crippen molar-refractivity contribution in [2.75, 3.05) is 6.54 Å². The highest BCUT2D eigenvalue weighted by Gasteiger charge is 2.08. The van der Waals surface area contributed by atoms with E-state index in [9.17, 15) is 9.90 Å². The van der Waals surface area contributed by atoms with E-state index in [0.29, 0.717) is 18.5 Å². The molecular formula is C13H16N4O2. The minimum Gasteiger partial charge on any atom is -0.508 e. The summed E-state index contributed by atoms with van der Waals surface area (Å²) in [5.74, 6) is 0.727. The molecule has 1 aromatic heterocycles. The van der Waals surface area contributed by atoms with E-state index >= 15 is 0 Å². The van der Waals surface area contributed by atoms with Gasteiger partial charge in [0.2, 0.25) is 0 Å². The highest BCUT2D eigenvalue weighted by molar-refractivity contribution is 5.94. The molecule has 0 unspecified atom stereocenters. The number of phenolic OH excluding ortho intramolecular Hbond substituents is 1. The summed E-state index contributed by atoms with van der Waals surface area (Å²) < 4.78 is 1.81. The molecule has 1 amide bonds. The zero-order valence-corrected chi connectivity index (χ0v) is 10.9. The average molecular weight is 260 g/mol. The topological polar surface area (TPSA) is 80.0 Å². The molecule has 0 saturated carbocycles. The lowest BCUT2D eigenvalue weighted by Crippen LogP contribution is -2.26. The van der Waals surface area contributed by atoms with E-state index in [1.807, 2.05) is 11.6 Å². The minimum absolute atomic E-state index is 0.126. The van der Waals surface area contributed by atoms with Crippen molar-refractivity contribution >= 4 is 5.91 Å². The Morgan fingerprint density at radius 3 is 2.89 bits per heavy atom. The third kappa shape index (κ3) is 3.09. The Labute approximate surface area is 111 Å². The van der Waals surface area contributed by atoms with Crippen LogP contribution in [0, 0.1) is 6.92 Å². The third-order valence-electron chi connectivity index (χ3n) is 2.91. The molecule has 100 valence electrons. The van der Waals surface area contributed by atoms with Gasteiger partial charge in [0, 0.05) is 25.6 Å². The SMILES string of the molecule is Cc1ccc(C(=O)NCCc2nncn2C)cc1O. The molecule has 0 atom stereocenters. The van der Waals surface area contributed by atoms with Crippen molar-refractivity contribution in [2.45, 2.75) is 13.3 Å². The Bertz CT molecular complexity index is 592. The summed E-state index contributed by atoms with van der Waals surface area (Å²) in [6, 6.07) is 4.87. The van der Waals surface area contributed by atoms with Crippen molar-refractivity contribution in [2.24, 2.45) is 7.05 Å². The number of aromatic hydroxyl groups is 1. The second kappa shape index (κ2) is 5.51. The van der Waals surface area contributed by atoms with Gasteiger partial charge in [-0.2, -0.15) is 0 Å². The number of aromatic nitrogens is 3. The fraction of sp³-hybridized carbons (Fsp3) is 0.308. The number of amides is 1. The molecule has 2 rings (SSSR count). The van der Waals surface area contributed by atoms with Crippen LogP contribution in [-0.4, -0.2) is 32.3 Å². The van der Waals surface area contributed by atoms with Crippen LogP contribution in [0.15, 0.2) is 24.5 Å². The van der Waals surface area contributed by atoms with Crippen LogP contribution in [0.4, 0.5) is 0 Å². The van der Waals surface area contributed by atoms with E-state index < -0.39 is 0 Å². The maximum absolute atomic E-state index is 11.9. The number of carbonyl (C=O) groups is 1. The number of nitrogens with one attached hydrogen (secondary N) is 1. The molecule has 0 aliphatic carbocycles. The van der Waals surface area contributed by atoms with E-state index in [0.717, 1.165) is 11.4 Å². The Kier molecular flexibility index (Phi) is 3.79. The van der Waals surface area contributed by atoms with Crippen molar-refractivity contribution in [1.29, 1.82) is 0 Å². The van der Waals surface area contributed by atoms with Gasteiger partial charge in [-0.1, -0.05) is 6.07 Å². The molecule has 6 heteroatoms. The zero-order valence-electron chi connectivity index (χ0n) is 10.9. The Balaban J connectivity index is 1.91. The van der Waals surface area contributed by atoms with Gasteiger partial charge in [-0.3, -0.25) is 4.79 Å². The quantitative estimate of drug-likeness (QED) is 0.852. The predicted octanol–water partition coefficient (Wildman–Crippen LogP) is 0.802. The summed E-state index contributed by atoms with van der Waals surface area (Å²) >= 11 is 0. The first-order chi connectivity index (χ1) is 9.08. The van der Waals surface area contributed by atoms with E-state index in [4.69, 9.17) is 0 Å². The highest BCUT2D eigenvalue weighted by atomic mass is 16.3. The van der Waals surface area contributed by atoms with Crippen LogP contribution in [0.3, 0.4) is 0 Å². The van der Waals surface area contributed by atoms with Crippen LogP contribution < -0.4 is 5.32 Å². The molecule has 0 spiro atoms. The molecule has 1 aromatic carbocycles. The zero-order chi connectivity index (χ0) is 13.8. The Morgan fingerprint density at radius 1 is 1.47 bits per heavy atom. The lowest BCUT2D eigenvalue weighted by atomic mass is 10.1. The maximum atomic E-state index is 11.9. The Morgan fingerprint density at radius 2 is 2.26 bits per heavy atom. The number of benzene rings is 1. The van der Waals surface area contributed by atoms with Crippen molar-refractivity contribution in [3.8, 4) is 5.75 Å². The summed E-state index contributed by atoms with van der Waals surface area (Å²) in [7, 11) is 1.86. The first-order valence-corrected chi connectivity index (χ1v) is 5.98. The molecule has 0 radical (unpaired) electrons. The molecule has 0 aliphatic heterocycles. The first kappa shape index (κ1) is 13.1. The number of phenols is 1. The predicted molar refractivity (Wildman–Crippen MR) is 69.9 cm³/mol. The van der Waals surface area contributed by atoms with Gasteiger partial charge in [-0.25, -0.2) is 0 Å². The number of rotatable bonds is 4. The summed E-state index contributed by atoms with van der Waals surface area (Å²) in [4.78, 5) is 11.9. The largest absolute Gasteiger partial charge is 0.508 e. The fourth-order valence-electron chi connectivity index (χ4n) is 1.67. The van der Waals surface area contributed by atoms with Gasteiger partial charge < -0.3 is 15.0 Å². The molecule has 2 N–H and O–H groups in total. The maximum Gasteiger partial charge on any atom is 0.251 e. The van der Waals surface area contributed by atoms with E-state index in [2.05, 4.69) is 15.5 Å². The van der Waals surface area contributed by atoms with E-state index in [1.54, 1.807) is 25.4 Å². The molecule has 0 aliphatic rings. The molecule has 0 saturated heterocycles. The van der Waals surface area contributed by atoms with Crippen molar-refractivity contribution in [3.05, 3.63) is 41.5 Å². The van der Waals surface area contributed by atoms with E-state index in [-0.39, 0.29) is 11.7 Å². The summed E-state index contributed by atoms with van der Waals surface area (Å²) in [5, 5.41) is 20.0. The monoisotopic (exact) mass is 260 g/mol. The molecule has 0 bridgehead atoms. The lowest BCUT2D eigenvalue weighted by molar-refractivity contribution is 0.0953. The van der Waals surface area contributed by atoms with Gasteiger partial charge >= 0.3 is 0 Å². The number of hydrogen-bond acceptors (Lipinski definition) is 4. The standard InChI is InChI=1S/C13H16N4O2/c1-9-3-4-10(7-11(9)18)13(19)14-6-5-12-16-15-8-17(12)2/h3-4,7-8,18H,5-6H2,1-2H3,(H,14,19). The molecule has 0 fully saturated rings. The Hall–Kier alpha value is -2.37. The molecule has 19 heavy (non-hydrogen) atoms. The average Bonchev–Trinajstić information content (AvgIpc) is 2.78. The van der Waals surface area contributed by atoms with Gasteiger partial charge in [-0.15, -0.1) is 10.2 Å². The minimum atomic E-state index is -0.211. The highest BCUT2D eigenvalue weighted by Crippen LogP contribution is 2.17. The van der Waals surface area contributed by atoms with Gasteiger partial charge in [0.05, 0.1) is 0 Å². The van der Waals surface area contributed by atoms with Crippen LogP contribution >= 0.6 is 0 Å². The summed E-state index contributed by atoms with van der Waals surface area (Å²) in [6.07, 6.45) is 2.23. The molecular weight excluding hydrogens is 244 g/mol. The van der Waals surface area contributed by atoms with Gasteiger partial charge in [0.15, 0.2) is 0 Å². The van der Waals surface area contributed by atoms with Crippen molar-refractivity contribution in [3.63, 3.8) is 0 Å². The number of aryl methyl sites for hydroxylation is 2. The normalized spacial score (nSPS) is 10.4. The van der Waals surface area contributed by atoms with Gasteiger partial charge in [0.1, 0.15) is 17.9 Å². The number of carbonyl (C=O) groups excluding carboxylic acids is 1. The van der Waals surface area contributed by atoms with Crippen LogP contribution in [0.25, 0.3) is 0 Å². The first-order valence-electron chi connectivity index (χ1n) is 5.98. The number of hydrogen-bond donors (Lipinski definition) is 2. The van der Waals surface area contributed by atoms with Crippen LogP contribution in [0.5, 0.6) is 5.75 Å². The third-order valence-corrected chi connectivity index (χ3v) is 2.91. The van der Waals surface area contributed by atoms with Gasteiger partial charge in [-0.05, 0) is 24.6 Å². The molecule has 6 nitrogen and oxygen atoms in total. The second-order valence-corrected chi connectivity index (χ2v) is 4.37. The number of nitrogens with zero attached hydrogens (tertiary/aromatic N) is 3. The molecule has 2 aromatic rings. The van der Waals surface area contributed by atoms with E-state index in [1.165, 1.54) is 6.07 Å². The van der Waals surface area contributed by atoms with Crippen molar-refractivity contribution in [1.82, 2.24) is 20.1 Å². The van der Waals surface area contributed by atoms with Crippen LogP contribution in [0.1, 0.15) is 21.7 Å².